The van der Waals surface area contributed by atoms with Crippen molar-refractivity contribution in [2.24, 2.45) is 5.92 Å². The molecule has 1 amide bonds. The summed E-state index contributed by atoms with van der Waals surface area (Å²) < 4.78 is 44.1. The number of nitrogens with zero attached hydrogens (tertiary/aromatic N) is 1. The van der Waals surface area contributed by atoms with Gasteiger partial charge in [-0.2, -0.15) is 13.2 Å². The summed E-state index contributed by atoms with van der Waals surface area (Å²) in [4.78, 5) is 25.8. The van der Waals surface area contributed by atoms with E-state index in [4.69, 9.17) is 16.3 Å². The smallest absolute Gasteiger partial charge is 0.418 e. The van der Waals surface area contributed by atoms with E-state index in [0.717, 1.165) is 12.1 Å². The number of hydrogen-bond donors (Lipinski definition) is 1. The van der Waals surface area contributed by atoms with Gasteiger partial charge in [-0.25, -0.2) is 0 Å². The molecule has 9 heteroatoms. The van der Waals surface area contributed by atoms with Gasteiger partial charge >= 0.3 is 12.1 Å². The maximum Gasteiger partial charge on any atom is 0.418 e. The Balaban J connectivity index is 2.04. The molecule has 1 aliphatic rings. The van der Waals surface area contributed by atoms with Crippen LogP contribution >= 0.6 is 11.6 Å². The Kier molecular flexibility index (Phi) is 6.52. The zero-order valence-electron chi connectivity index (χ0n) is 14.4. The monoisotopic (exact) mass is 392 g/mol. The third kappa shape index (κ3) is 4.88. The Bertz CT molecular complexity index is 674. The Labute approximate surface area is 154 Å². The highest BCUT2D eigenvalue weighted by atomic mass is 35.5. The van der Waals surface area contributed by atoms with Crippen molar-refractivity contribution in [1.82, 2.24) is 4.90 Å². The van der Waals surface area contributed by atoms with Crippen molar-refractivity contribution in [2.45, 2.75) is 32.0 Å². The van der Waals surface area contributed by atoms with Crippen molar-refractivity contribution in [1.29, 1.82) is 0 Å². The molecule has 144 valence electrons. The van der Waals surface area contributed by atoms with Crippen LogP contribution in [0.3, 0.4) is 0 Å². The van der Waals surface area contributed by atoms with E-state index in [1.54, 1.807) is 6.92 Å². The van der Waals surface area contributed by atoms with Crippen LogP contribution in [0, 0.1) is 5.92 Å². The van der Waals surface area contributed by atoms with Crippen LogP contribution in [-0.2, 0) is 20.5 Å². The van der Waals surface area contributed by atoms with Crippen molar-refractivity contribution in [3.05, 3.63) is 28.8 Å². The minimum absolute atomic E-state index is 0.0618. The quantitative estimate of drug-likeness (QED) is 0.796. The van der Waals surface area contributed by atoms with Gasteiger partial charge in [-0.3, -0.25) is 14.5 Å². The lowest BCUT2D eigenvalue weighted by atomic mass is 9.96. The molecule has 0 radical (unpaired) electrons. The number of methoxy groups -OCH3 is 1. The molecule has 1 aromatic rings. The first-order valence-electron chi connectivity index (χ1n) is 8.13. The number of nitrogens with one attached hydrogen (secondary N) is 1. The van der Waals surface area contributed by atoms with Gasteiger partial charge in [0.1, 0.15) is 0 Å². The Morgan fingerprint density at radius 1 is 1.31 bits per heavy atom. The van der Waals surface area contributed by atoms with Crippen molar-refractivity contribution >= 4 is 29.2 Å². The van der Waals surface area contributed by atoms with Gasteiger partial charge in [0.15, 0.2) is 0 Å². The van der Waals surface area contributed by atoms with Crippen LogP contribution in [-0.4, -0.2) is 43.0 Å². The fourth-order valence-electron chi connectivity index (χ4n) is 2.95. The first-order chi connectivity index (χ1) is 12.1. The second-order valence-corrected chi connectivity index (χ2v) is 6.62. The van der Waals surface area contributed by atoms with Crippen LogP contribution in [0.2, 0.25) is 5.02 Å². The van der Waals surface area contributed by atoms with Gasteiger partial charge in [-0.1, -0.05) is 11.6 Å². The second kappa shape index (κ2) is 8.26. The van der Waals surface area contributed by atoms with Gasteiger partial charge < -0.3 is 10.1 Å². The van der Waals surface area contributed by atoms with Crippen LogP contribution < -0.4 is 5.32 Å². The van der Waals surface area contributed by atoms with Crippen molar-refractivity contribution in [3.63, 3.8) is 0 Å². The minimum atomic E-state index is -4.63. The van der Waals surface area contributed by atoms with E-state index in [9.17, 15) is 22.8 Å². The van der Waals surface area contributed by atoms with Crippen molar-refractivity contribution in [2.75, 3.05) is 25.5 Å². The first-order valence-corrected chi connectivity index (χ1v) is 8.50. The lowest BCUT2D eigenvalue weighted by Crippen LogP contribution is -2.47. The number of ether oxygens (including phenoxy) is 1. The fourth-order valence-corrected chi connectivity index (χ4v) is 3.12. The average Bonchev–Trinajstić information content (AvgIpc) is 2.61. The van der Waals surface area contributed by atoms with Crippen LogP contribution in [0.15, 0.2) is 18.2 Å². The molecular weight excluding hydrogens is 373 g/mol. The third-order valence-corrected chi connectivity index (χ3v) is 4.77. The summed E-state index contributed by atoms with van der Waals surface area (Å²) >= 11 is 5.64. The molecule has 1 atom stereocenters. The molecule has 2 rings (SSSR count). The molecule has 1 heterocycles. The number of esters is 1. The summed E-state index contributed by atoms with van der Waals surface area (Å²) in [5.41, 5.74) is -1.32. The molecule has 0 spiro atoms. The molecule has 0 saturated carbocycles. The molecule has 1 aliphatic heterocycles. The molecule has 1 N–H and O–H groups in total. The number of carbonyl (C=O) groups is 2. The minimum Gasteiger partial charge on any atom is -0.469 e. The van der Waals surface area contributed by atoms with Crippen LogP contribution in [0.4, 0.5) is 18.9 Å². The van der Waals surface area contributed by atoms with E-state index in [1.807, 2.05) is 4.90 Å². The van der Waals surface area contributed by atoms with Gasteiger partial charge in [-0.15, -0.1) is 0 Å². The first kappa shape index (κ1) is 20.5. The fraction of sp³-hybridized carbons (Fsp3) is 0.529. The second-order valence-electron chi connectivity index (χ2n) is 6.19. The van der Waals surface area contributed by atoms with E-state index < -0.39 is 23.7 Å². The largest absolute Gasteiger partial charge is 0.469 e. The Hall–Kier alpha value is -1.80. The van der Waals surface area contributed by atoms with Gasteiger partial charge in [-0.05, 0) is 51.1 Å². The maximum atomic E-state index is 13.1. The number of amides is 1. The molecule has 26 heavy (non-hydrogen) atoms. The summed E-state index contributed by atoms with van der Waals surface area (Å²) in [5, 5.41) is 2.27. The van der Waals surface area contributed by atoms with Gasteiger partial charge in [0.2, 0.25) is 5.91 Å². The van der Waals surface area contributed by atoms with E-state index in [0.29, 0.717) is 25.9 Å². The lowest BCUT2D eigenvalue weighted by molar-refractivity contribution is -0.147. The number of piperidine rings is 1. The molecular formula is C17H20ClF3N2O3. The van der Waals surface area contributed by atoms with Crippen LogP contribution in [0.5, 0.6) is 0 Å². The normalized spacial score (nSPS) is 17.6. The predicted molar refractivity (Wildman–Crippen MR) is 90.9 cm³/mol. The van der Waals surface area contributed by atoms with Crippen molar-refractivity contribution in [3.8, 4) is 0 Å². The average molecular weight is 393 g/mol. The number of alkyl halides is 3. The number of likely N-dealkylation sites (tertiary alicyclic amines) is 1. The van der Waals surface area contributed by atoms with Crippen molar-refractivity contribution < 1.29 is 27.5 Å². The van der Waals surface area contributed by atoms with Gasteiger partial charge in [0, 0.05) is 5.02 Å². The summed E-state index contributed by atoms with van der Waals surface area (Å²) in [7, 11) is 1.33. The number of anilines is 1. The maximum absolute atomic E-state index is 13.1. The number of rotatable bonds is 4. The predicted octanol–water partition coefficient (Wildman–Crippen LogP) is 3.57. The molecule has 1 fully saturated rings. The molecule has 1 unspecified atom stereocenters. The Morgan fingerprint density at radius 2 is 1.92 bits per heavy atom. The molecule has 0 aromatic heterocycles. The molecule has 0 bridgehead atoms. The molecule has 0 aliphatic carbocycles. The Morgan fingerprint density at radius 3 is 2.46 bits per heavy atom. The standard InChI is InChI=1S/C17H20ClF3N2O3/c1-10(23-7-5-11(6-8-23)16(25)26-2)15(24)22-14-4-3-12(18)9-13(14)17(19,20)21/h3-4,9-11H,5-8H2,1-2H3,(H,22,24). The van der Waals surface area contributed by atoms with Crippen LogP contribution in [0.25, 0.3) is 0 Å². The zero-order chi connectivity index (χ0) is 19.5. The summed E-state index contributed by atoms with van der Waals surface area (Å²) in [6.45, 7) is 2.60. The molecule has 5 nitrogen and oxygen atoms in total. The highest BCUT2D eigenvalue weighted by Crippen LogP contribution is 2.36. The molecule has 1 saturated heterocycles. The van der Waals surface area contributed by atoms with Crippen LogP contribution in [0.1, 0.15) is 25.3 Å². The van der Waals surface area contributed by atoms with E-state index >= 15 is 0 Å². The zero-order valence-corrected chi connectivity index (χ0v) is 15.2. The number of hydrogen-bond acceptors (Lipinski definition) is 4. The van der Waals surface area contributed by atoms with E-state index in [1.165, 1.54) is 13.2 Å². The lowest BCUT2D eigenvalue weighted by Gasteiger charge is -2.34. The summed E-state index contributed by atoms with van der Waals surface area (Å²) in [6, 6.07) is 2.58. The number of benzene rings is 1. The van der Waals surface area contributed by atoms with Gasteiger partial charge in [0.25, 0.3) is 0 Å². The number of carbonyl (C=O) groups excluding carboxylic acids is 2. The molecule has 1 aromatic carbocycles. The van der Waals surface area contributed by atoms with Gasteiger partial charge in [0.05, 0.1) is 30.3 Å². The SMILES string of the molecule is COC(=O)C1CCN(C(C)C(=O)Nc2ccc(Cl)cc2C(F)(F)F)CC1. The topological polar surface area (TPSA) is 58.6 Å². The number of halogens is 4. The van der Waals surface area contributed by atoms with E-state index in [2.05, 4.69) is 5.32 Å². The summed E-state index contributed by atoms with van der Waals surface area (Å²) in [6.07, 6.45) is -3.55. The van der Waals surface area contributed by atoms with E-state index in [-0.39, 0.29) is 22.6 Å². The summed E-state index contributed by atoms with van der Waals surface area (Å²) in [5.74, 6) is -1.04. The third-order valence-electron chi connectivity index (χ3n) is 4.54. The highest BCUT2D eigenvalue weighted by Gasteiger charge is 2.35. The highest BCUT2D eigenvalue weighted by molar-refractivity contribution is 6.30.